The molecule has 0 fully saturated rings. The van der Waals surface area contributed by atoms with Crippen LogP contribution in [0.3, 0.4) is 0 Å². The Morgan fingerprint density at radius 2 is 2.07 bits per heavy atom. The molecular formula is C9H8N4OS. The molecule has 1 aromatic carbocycles. The molecule has 6 heteroatoms. The Morgan fingerprint density at radius 1 is 1.40 bits per heavy atom. The second-order valence-electron chi connectivity index (χ2n) is 2.89. The number of hydrogen-bond donors (Lipinski definition) is 2. The van der Waals surface area contributed by atoms with Crippen LogP contribution in [0.1, 0.15) is 10.4 Å². The van der Waals surface area contributed by atoms with Gasteiger partial charge < -0.3 is 5.73 Å². The van der Waals surface area contributed by atoms with Gasteiger partial charge in [-0.05, 0) is 24.4 Å². The summed E-state index contributed by atoms with van der Waals surface area (Å²) in [6, 6.07) is 8.75. The van der Waals surface area contributed by atoms with Gasteiger partial charge >= 0.3 is 0 Å². The fraction of sp³-hybridized carbons (Fsp3) is 0. The maximum Gasteiger partial charge on any atom is 0.267 e. The highest BCUT2D eigenvalue weighted by Gasteiger charge is 2.12. The van der Waals surface area contributed by atoms with Gasteiger partial charge in [-0.2, -0.15) is 0 Å². The van der Waals surface area contributed by atoms with Crippen molar-refractivity contribution in [3.63, 3.8) is 0 Å². The lowest BCUT2D eigenvalue weighted by Crippen LogP contribution is -2.14. The van der Waals surface area contributed by atoms with Crippen LogP contribution in [-0.2, 0) is 0 Å². The quantitative estimate of drug-likeness (QED) is 0.708. The number of H-pyrrole nitrogens is 1. The van der Waals surface area contributed by atoms with Crippen molar-refractivity contribution in [3.8, 4) is 0 Å². The van der Waals surface area contributed by atoms with Crippen LogP contribution in [0.5, 0.6) is 0 Å². The Balaban J connectivity index is 2.51. The zero-order valence-electron chi connectivity index (χ0n) is 7.68. The summed E-state index contributed by atoms with van der Waals surface area (Å²) in [5.41, 5.74) is 6.03. The topological polar surface area (TPSA) is 76.7 Å². The number of rotatable bonds is 1. The van der Waals surface area contributed by atoms with E-state index in [0.29, 0.717) is 5.56 Å². The number of nitrogens with zero attached hydrogens (tertiary/aromatic N) is 2. The van der Waals surface area contributed by atoms with Crippen LogP contribution in [0.4, 0.5) is 5.95 Å². The Bertz CT molecular complexity index is 543. The molecule has 0 aliphatic carbocycles. The summed E-state index contributed by atoms with van der Waals surface area (Å²) in [5, 5.41) is 6.12. The maximum atomic E-state index is 11.9. The molecule has 0 spiro atoms. The Kier molecular flexibility index (Phi) is 2.34. The number of benzene rings is 1. The average Bonchev–Trinajstić information content (AvgIpc) is 2.59. The van der Waals surface area contributed by atoms with Crippen LogP contribution >= 0.6 is 12.2 Å². The molecule has 0 bridgehead atoms. The molecule has 3 N–H and O–H groups in total. The molecule has 0 saturated heterocycles. The first-order valence-electron chi connectivity index (χ1n) is 4.23. The first kappa shape index (κ1) is 9.60. The molecule has 2 rings (SSSR count). The lowest BCUT2D eigenvalue weighted by Gasteiger charge is -2.01. The molecule has 0 radical (unpaired) electrons. The molecule has 5 nitrogen and oxygen atoms in total. The SMILES string of the molecule is Nc1n[nH]c(=S)n1C(=O)c1ccccc1. The van der Waals surface area contributed by atoms with E-state index in [1.807, 2.05) is 6.07 Å². The fourth-order valence-electron chi connectivity index (χ4n) is 1.22. The highest BCUT2D eigenvalue weighted by molar-refractivity contribution is 7.71. The minimum absolute atomic E-state index is 0.0638. The number of carbonyl (C=O) groups is 1. The van der Waals surface area contributed by atoms with Crippen LogP contribution < -0.4 is 5.73 Å². The molecule has 1 aromatic heterocycles. The summed E-state index contributed by atoms with van der Waals surface area (Å²) < 4.78 is 1.35. The molecular weight excluding hydrogens is 212 g/mol. The largest absolute Gasteiger partial charge is 0.368 e. The van der Waals surface area contributed by atoms with Crippen molar-refractivity contribution >= 4 is 24.1 Å². The number of nitrogens with one attached hydrogen (secondary N) is 1. The minimum atomic E-state index is -0.285. The van der Waals surface area contributed by atoms with Gasteiger partial charge in [-0.1, -0.05) is 18.2 Å². The van der Waals surface area contributed by atoms with Crippen LogP contribution in [0, 0.1) is 4.77 Å². The molecule has 0 saturated carbocycles. The summed E-state index contributed by atoms with van der Waals surface area (Å²) in [4.78, 5) is 11.9. The van der Waals surface area contributed by atoms with E-state index in [1.165, 1.54) is 0 Å². The predicted octanol–water partition coefficient (Wildman–Crippen LogP) is 1.21. The molecule has 0 atom stereocenters. The summed E-state index contributed by atoms with van der Waals surface area (Å²) in [6.45, 7) is 0. The highest BCUT2D eigenvalue weighted by Crippen LogP contribution is 2.06. The number of nitrogen functional groups attached to an aromatic ring is 1. The van der Waals surface area contributed by atoms with Crippen molar-refractivity contribution in [3.05, 3.63) is 40.7 Å². The molecule has 15 heavy (non-hydrogen) atoms. The standard InChI is InChI=1S/C9H8N4OS/c10-8-11-12-9(15)13(8)7(14)6-4-2-1-3-5-6/h1-5H,(H2,10,11)(H,12,15). The molecule has 0 unspecified atom stereocenters. The number of anilines is 1. The Hall–Kier alpha value is -1.95. The van der Waals surface area contributed by atoms with Gasteiger partial charge in [0, 0.05) is 5.56 Å². The van der Waals surface area contributed by atoms with Crippen LogP contribution in [0.15, 0.2) is 30.3 Å². The van der Waals surface area contributed by atoms with E-state index < -0.39 is 0 Å². The van der Waals surface area contributed by atoms with Crippen LogP contribution in [0.2, 0.25) is 0 Å². The van der Waals surface area contributed by atoms with Gasteiger partial charge in [0.25, 0.3) is 5.91 Å². The number of aromatic nitrogens is 3. The summed E-state index contributed by atoms with van der Waals surface area (Å²) in [6.07, 6.45) is 0. The first-order chi connectivity index (χ1) is 7.20. The molecule has 76 valence electrons. The van der Waals surface area contributed by atoms with E-state index in [2.05, 4.69) is 10.2 Å². The third kappa shape index (κ3) is 1.66. The van der Waals surface area contributed by atoms with Gasteiger partial charge in [0.2, 0.25) is 10.7 Å². The van der Waals surface area contributed by atoms with Crippen molar-refractivity contribution in [2.45, 2.75) is 0 Å². The number of nitrogens with two attached hydrogens (primary N) is 1. The third-order valence-corrected chi connectivity index (χ3v) is 2.20. The first-order valence-corrected chi connectivity index (χ1v) is 4.63. The van der Waals surface area contributed by atoms with Crippen molar-refractivity contribution in [1.29, 1.82) is 0 Å². The van der Waals surface area contributed by atoms with Crippen molar-refractivity contribution < 1.29 is 4.79 Å². The number of aromatic amines is 1. The van der Waals surface area contributed by atoms with E-state index in [-0.39, 0.29) is 16.6 Å². The second-order valence-corrected chi connectivity index (χ2v) is 3.28. The normalized spacial score (nSPS) is 10.1. The zero-order valence-corrected chi connectivity index (χ0v) is 8.49. The van der Waals surface area contributed by atoms with Gasteiger partial charge in [-0.25, -0.2) is 9.67 Å². The predicted molar refractivity (Wildman–Crippen MR) is 58.0 cm³/mol. The van der Waals surface area contributed by atoms with Crippen molar-refractivity contribution in [1.82, 2.24) is 14.8 Å². The third-order valence-electron chi connectivity index (χ3n) is 1.92. The van der Waals surface area contributed by atoms with Crippen LogP contribution in [-0.4, -0.2) is 20.7 Å². The van der Waals surface area contributed by atoms with E-state index in [4.69, 9.17) is 18.0 Å². The van der Waals surface area contributed by atoms with Gasteiger partial charge in [-0.3, -0.25) is 4.79 Å². The van der Waals surface area contributed by atoms with Gasteiger partial charge in [0.1, 0.15) is 0 Å². The minimum Gasteiger partial charge on any atom is -0.368 e. The van der Waals surface area contributed by atoms with E-state index in [0.717, 1.165) is 4.57 Å². The molecule has 0 amide bonds. The average molecular weight is 220 g/mol. The Labute approximate surface area is 90.5 Å². The molecule has 1 heterocycles. The second kappa shape index (κ2) is 3.66. The molecule has 0 aliphatic rings. The lowest BCUT2D eigenvalue weighted by molar-refractivity contribution is 0.0960. The van der Waals surface area contributed by atoms with Gasteiger partial charge in [0.15, 0.2) is 0 Å². The maximum absolute atomic E-state index is 11.9. The smallest absolute Gasteiger partial charge is 0.267 e. The summed E-state index contributed by atoms with van der Waals surface area (Å²) in [5.74, 6) is -0.222. The Morgan fingerprint density at radius 3 is 2.60 bits per heavy atom. The van der Waals surface area contributed by atoms with E-state index in [9.17, 15) is 4.79 Å². The van der Waals surface area contributed by atoms with Crippen LogP contribution in [0.25, 0.3) is 0 Å². The van der Waals surface area contributed by atoms with E-state index >= 15 is 0 Å². The molecule has 0 aliphatic heterocycles. The molecule has 2 aromatic rings. The number of hydrogen-bond acceptors (Lipinski definition) is 4. The lowest BCUT2D eigenvalue weighted by atomic mass is 10.2. The summed E-state index contributed by atoms with van der Waals surface area (Å²) >= 11 is 4.89. The summed E-state index contributed by atoms with van der Waals surface area (Å²) in [7, 11) is 0. The van der Waals surface area contributed by atoms with Gasteiger partial charge in [-0.15, -0.1) is 5.10 Å². The van der Waals surface area contributed by atoms with Crippen molar-refractivity contribution in [2.75, 3.05) is 5.73 Å². The van der Waals surface area contributed by atoms with Gasteiger partial charge in [0.05, 0.1) is 0 Å². The fourth-order valence-corrected chi connectivity index (χ4v) is 1.44. The van der Waals surface area contributed by atoms with E-state index in [1.54, 1.807) is 24.3 Å². The monoisotopic (exact) mass is 220 g/mol. The van der Waals surface area contributed by atoms with Crippen molar-refractivity contribution in [2.24, 2.45) is 0 Å². The highest BCUT2D eigenvalue weighted by atomic mass is 32.1. The number of carbonyl (C=O) groups excluding carboxylic acids is 1. The zero-order chi connectivity index (χ0) is 10.8.